The smallest absolute Gasteiger partial charge is 0.244 e. The number of amides is 2. The fourth-order valence-corrected chi connectivity index (χ4v) is 2.09. The monoisotopic (exact) mass is 320 g/mol. The SMILES string of the molecule is CC(=O)N(CC(=O)Nc1ccc(C)c(Cl)c1)Cc1ccco1. The third-order valence-electron chi connectivity index (χ3n) is 3.16. The van der Waals surface area contributed by atoms with Crippen molar-refractivity contribution in [2.45, 2.75) is 20.4 Å². The predicted molar refractivity (Wildman–Crippen MR) is 84.6 cm³/mol. The van der Waals surface area contributed by atoms with Gasteiger partial charge >= 0.3 is 0 Å². The zero-order chi connectivity index (χ0) is 16.1. The van der Waals surface area contributed by atoms with Gasteiger partial charge in [-0.05, 0) is 36.8 Å². The summed E-state index contributed by atoms with van der Waals surface area (Å²) >= 11 is 6.02. The van der Waals surface area contributed by atoms with Crippen molar-refractivity contribution < 1.29 is 14.0 Å². The lowest BCUT2D eigenvalue weighted by molar-refractivity contribution is -0.133. The number of nitrogens with one attached hydrogen (secondary N) is 1. The Bertz CT molecular complexity index is 668. The van der Waals surface area contributed by atoms with Crippen molar-refractivity contribution in [3.63, 3.8) is 0 Å². The van der Waals surface area contributed by atoms with Crippen LogP contribution in [0, 0.1) is 6.92 Å². The zero-order valence-corrected chi connectivity index (χ0v) is 13.2. The predicted octanol–water partition coefficient (Wildman–Crippen LogP) is 3.23. The number of hydrogen-bond donors (Lipinski definition) is 1. The lowest BCUT2D eigenvalue weighted by Crippen LogP contribution is -2.36. The molecule has 2 amide bonds. The topological polar surface area (TPSA) is 62.6 Å². The second-order valence-electron chi connectivity index (χ2n) is 4.97. The Kier molecular flexibility index (Phi) is 5.22. The van der Waals surface area contributed by atoms with E-state index in [2.05, 4.69) is 5.32 Å². The van der Waals surface area contributed by atoms with Crippen LogP contribution >= 0.6 is 11.6 Å². The van der Waals surface area contributed by atoms with Gasteiger partial charge in [-0.3, -0.25) is 9.59 Å². The van der Waals surface area contributed by atoms with Crippen LogP contribution in [0.1, 0.15) is 18.2 Å². The largest absolute Gasteiger partial charge is 0.467 e. The summed E-state index contributed by atoms with van der Waals surface area (Å²) in [6.45, 7) is 3.50. The quantitative estimate of drug-likeness (QED) is 0.920. The first-order valence-corrected chi connectivity index (χ1v) is 7.17. The molecule has 0 atom stereocenters. The number of benzene rings is 1. The molecular weight excluding hydrogens is 304 g/mol. The van der Waals surface area contributed by atoms with E-state index >= 15 is 0 Å². The number of hydrogen-bond acceptors (Lipinski definition) is 3. The van der Waals surface area contributed by atoms with Crippen molar-refractivity contribution in [3.8, 4) is 0 Å². The summed E-state index contributed by atoms with van der Waals surface area (Å²) in [5, 5.41) is 3.31. The molecule has 0 aliphatic heterocycles. The van der Waals surface area contributed by atoms with Crippen molar-refractivity contribution in [1.29, 1.82) is 0 Å². The minimum Gasteiger partial charge on any atom is -0.467 e. The summed E-state index contributed by atoms with van der Waals surface area (Å²) in [7, 11) is 0. The van der Waals surface area contributed by atoms with Crippen molar-refractivity contribution in [1.82, 2.24) is 4.90 Å². The summed E-state index contributed by atoms with van der Waals surface area (Å²) in [5.41, 5.74) is 1.53. The molecular formula is C16H17ClN2O3. The van der Waals surface area contributed by atoms with Crippen LogP contribution < -0.4 is 5.32 Å². The minimum absolute atomic E-state index is 0.0540. The lowest BCUT2D eigenvalue weighted by atomic mass is 10.2. The van der Waals surface area contributed by atoms with Gasteiger partial charge in [0.2, 0.25) is 11.8 Å². The molecule has 0 unspecified atom stereocenters. The molecule has 1 aromatic carbocycles. The first-order valence-electron chi connectivity index (χ1n) is 6.79. The van der Waals surface area contributed by atoms with Crippen LogP contribution in [-0.4, -0.2) is 23.3 Å². The number of rotatable bonds is 5. The molecule has 116 valence electrons. The minimum atomic E-state index is -0.290. The van der Waals surface area contributed by atoms with E-state index in [9.17, 15) is 9.59 Å². The van der Waals surface area contributed by atoms with Gasteiger partial charge in [-0.15, -0.1) is 0 Å². The maximum atomic E-state index is 12.1. The van der Waals surface area contributed by atoms with Gasteiger partial charge in [-0.1, -0.05) is 17.7 Å². The molecule has 2 rings (SSSR count). The van der Waals surface area contributed by atoms with E-state index in [1.807, 2.05) is 13.0 Å². The number of aryl methyl sites for hydroxylation is 1. The molecule has 0 aliphatic rings. The van der Waals surface area contributed by atoms with E-state index in [0.29, 0.717) is 16.5 Å². The maximum Gasteiger partial charge on any atom is 0.244 e. The normalized spacial score (nSPS) is 10.3. The highest BCUT2D eigenvalue weighted by Gasteiger charge is 2.15. The van der Waals surface area contributed by atoms with Gasteiger partial charge < -0.3 is 14.6 Å². The molecule has 22 heavy (non-hydrogen) atoms. The van der Waals surface area contributed by atoms with Crippen molar-refractivity contribution >= 4 is 29.1 Å². The summed E-state index contributed by atoms with van der Waals surface area (Å²) in [5.74, 6) is 0.136. The average Bonchev–Trinajstić information content (AvgIpc) is 2.95. The Balaban J connectivity index is 1.98. The van der Waals surface area contributed by atoms with Crippen LogP contribution in [0.15, 0.2) is 41.0 Å². The van der Waals surface area contributed by atoms with Crippen LogP contribution in [0.4, 0.5) is 5.69 Å². The van der Waals surface area contributed by atoms with Crippen molar-refractivity contribution in [2.24, 2.45) is 0 Å². The molecule has 0 fully saturated rings. The third-order valence-corrected chi connectivity index (χ3v) is 3.57. The molecule has 1 aromatic heterocycles. The van der Waals surface area contributed by atoms with Gasteiger partial charge in [0.25, 0.3) is 0 Å². The first-order chi connectivity index (χ1) is 10.5. The molecule has 6 heteroatoms. The number of carbonyl (C=O) groups excluding carboxylic acids is 2. The second-order valence-corrected chi connectivity index (χ2v) is 5.37. The summed E-state index contributed by atoms with van der Waals surface area (Å²) < 4.78 is 5.20. The van der Waals surface area contributed by atoms with Crippen molar-refractivity contribution in [2.75, 3.05) is 11.9 Å². The van der Waals surface area contributed by atoms with Gasteiger partial charge in [0.05, 0.1) is 12.8 Å². The molecule has 0 aliphatic carbocycles. The van der Waals surface area contributed by atoms with E-state index in [1.54, 1.807) is 24.3 Å². The fraction of sp³-hybridized carbons (Fsp3) is 0.250. The molecule has 0 bridgehead atoms. The van der Waals surface area contributed by atoms with Gasteiger partial charge in [-0.25, -0.2) is 0 Å². The third kappa shape index (κ3) is 4.36. The zero-order valence-electron chi connectivity index (χ0n) is 12.4. The number of carbonyl (C=O) groups is 2. The molecule has 0 saturated carbocycles. The highest BCUT2D eigenvalue weighted by molar-refractivity contribution is 6.31. The van der Waals surface area contributed by atoms with Gasteiger partial charge in [0, 0.05) is 17.6 Å². The molecule has 0 spiro atoms. The highest BCUT2D eigenvalue weighted by Crippen LogP contribution is 2.20. The van der Waals surface area contributed by atoms with E-state index in [4.69, 9.17) is 16.0 Å². The first kappa shape index (κ1) is 16.1. The Labute approximate surface area is 133 Å². The molecule has 5 nitrogen and oxygen atoms in total. The molecule has 0 saturated heterocycles. The number of anilines is 1. The van der Waals surface area contributed by atoms with E-state index in [-0.39, 0.29) is 24.9 Å². The van der Waals surface area contributed by atoms with E-state index in [0.717, 1.165) is 5.56 Å². The van der Waals surface area contributed by atoms with Crippen molar-refractivity contribution in [3.05, 3.63) is 52.9 Å². The Morgan fingerprint density at radius 3 is 2.68 bits per heavy atom. The Hall–Kier alpha value is -2.27. The lowest BCUT2D eigenvalue weighted by Gasteiger charge is -2.19. The van der Waals surface area contributed by atoms with Gasteiger partial charge in [0.15, 0.2) is 0 Å². The van der Waals surface area contributed by atoms with E-state index in [1.165, 1.54) is 18.1 Å². The summed E-state index contributed by atoms with van der Waals surface area (Å²) in [6, 6.07) is 8.77. The van der Waals surface area contributed by atoms with E-state index < -0.39 is 0 Å². The number of nitrogens with zero attached hydrogens (tertiary/aromatic N) is 1. The molecule has 1 heterocycles. The molecule has 2 aromatic rings. The van der Waals surface area contributed by atoms with Crippen LogP contribution in [-0.2, 0) is 16.1 Å². The van der Waals surface area contributed by atoms with Crippen LogP contribution in [0.3, 0.4) is 0 Å². The van der Waals surface area contributed by atoms with Gasteiger partial charge in [0.1, 0.15) is 12.3 Å². The highest BCUT2D eigenvalue weighted by atomic mass is 35.5. The number of furan rings is 1. The standard InChI is InChI=1S/C16H17ClN2O3/c1-11-5-6-13(8-15(11)17)18-16(21)10-19(12(2)20)9-14-4-3-7-22-14/h3-8H,9-10H2,1-2H3,(H,18,21). The Morgan fingerprint density at radius 2 is 2.09 bits per heavy atom. The molecule has 1 N–H and O–H groups in total. The number of halogens is 1. The van der Waals surface area contributed by atoms with Crippen LogP contribution in [0.2, 0.25) is 5.02 Å². The van der Waals surface area contributed by atoms with Gasteiger partial charge in [-0.2, -0.15) is 0 Å². The molecule has 0 radical (unpaired) electrons. The second kappa shape index (κ2) is 7.13. The summed E-state index contributed by atoms with van der Waals surface area (Å²) in [4.78, 5) is 25.1. The Morgan fingerprint density at radius 1 is 1.32 bits per heavy atom. The van der Waals surface area contributed by atoms with Crippen LogP contribution in [0.25, 0.3) is 0 Å². The fourth-order valence-electron chi connectivity index (χ4n) is 1.91. The average molecular weight is 321 g/mol. The summed E-state index contributed by atoms with van der Waals surface area (Å²) in [6.07, 6.45) is 1.53. The van der Waals surface area contributed by atoms with Crippen LogP contribution in [0.5, 0.6) is 0 Å². The maximum absolute atomic E-state index is 12.1.